The van der Waals surface area contributed by atoms with Crippen LogP contribution in [0.4, 0.5) is 5.69 Å². The van der Waals surface area contributed by atoms with Gasteiger partial charge in [0.05, 0.1) is 0 Å². The van der Waals surface area contributed by atoms with Crippen LogP contribution in [-0.2, 0) is 18.4 Å². The lowest BCUT2D eigenvalue weighted by atomic mass is 10.2. The molecule has 0 saturated heterocycles. The quantitative estimate of drug-likeness (QED) is 0.761. The molecule has 0 aliphatic rings. The molecule has 106 valence electrons. The molecule has 2 aromatic heterocycles. The van der Waals surface area contributed by atoms with Crippen LogP contribution in [0.5, 0.6) is 0 Å². The van der Waals surface area contributed by atoms with E-state index in [4.69, 9.17) is 0 Å². The normalized spacial score (nSPS) is 10.5. The maximum absolute atomic E-state index is 11.9. The maximum Gasteiger partial charge on any atom is 0.246 e. The Labute approximate surface area is 120 Å². The highest BCUT2D eigenvalue weighted by Crippen LogP contribution is 2.19. The molecule has 0 fully saturated rings. The van der Waals surface area contributed by atoms with E-state index in [0.717, 1.165) is 5.56 Å². The van der Waals surface area contributed by atoms with Crippen LogP contribution in [0.15, 0.2) is 42.7 Å². The molecular formula is C13H13N7O. The molecule has 0 spiro atoms. The number of aryl methyl sites for hydroxylation is 1. The third-order valence-corrected chi connectivity index (χ3v) is 2.89. The number of carbonyl (C=O) groups excluding carboxylic acids is 1. The van der Waals surface area contributed by atoms with Gasteiger partial charge in [0.25, 0.3) is 0 Å². The topological polar surface area (TPSA) is 90.5 Å². The highest BCUT2D eigenvalue weighted by Gasteiger charge is 2.08. The van der Waals surface area contributed by atoms with Crippen molar-refractivity contribution < 1.29 is 4.79 Å². The van der Waals surface area contributed by atoms with Crippen molar-refractivity contribution in [3.05, 3.63) is 42.7 Å². The smallest absolute Gasteiger partial charge is 0.246 e. The van der Waals surface area contributed by atoms with E-state index in [9.17, 15) is 4.79 Å². The lowest BCUT2D eigenvalue weighted by Crippen LogP contribution is -2.18. The number of aromatic nitrogens is 6. The minimum absolute atomic E-state index is 0.146. The van der Waals surface area contributed by atoms with Crippen LogP contribution in [-0.4, -0.2) is 35.9 Å². The summed E-state index contributed by atoms with van der Waals surface area (Å²) in [4.78, 5) is 11.9. The molecule has 0 radical (unpaired) electrons. The first-order chi connectivity index (χ1) is 10.2. The highest BCUT2D eigenvalue weighted by atomic mass is 16.2. The Kier molecular flexibility index (Phi) is 3.42. The Morgan fingerprint density at radius 3 is 2.95 bits per heavy atom. The molecule has 8 heteroatoms. The molecule has 0 bridgehead atoms. The Morgan fingerprint density at radius 2 is 2.24 bits per heavy atom. The molecule has 0 atom stereocenters. The molecule has 0 unspecified atom stereocenters. The third kappa shape index (κ3) is 2.94. The van der Waals surface area contributed by atoms with E-state index in [0.29, 0.717) is 11.5 Å². The van der Waals surface area contributed by atoms with Gasteiger partial charge in [0.2, 0.25) is 5.91 Å². The number of tetrazole rings is 1. The fourth-order valence-corrected chi connectivity index (χ4v) is 1.95. The van der Waals surface area contributed by atoms with E-state index >= 15 is 0 Å². The van der Waals surface area contributed by atoms with E-state index in [1.807, 2.05) is 24.3 Å². The summed E-state index contributed by atoms with van der Waals surface area (Å²) in [7, 11) is 1.76. The largest absolute Gasteiger partial charge is 0.324 e. The third-order valence-electron chi connectivity index (χ3n) is 2.89. The van der Waals surface area contributed by atoms with Crippen molar-refractivity contribution in [3.8, 4) is 11.4 Å². The van der Waals surface area contributed by atoms with Gasteiger partial charge in [0.15, 0.2) is 5.82 Å². The van der Waals surface area contributed by atoms with Crippen LogP contribution in [0.2, 0.25) is 0 Å². The number of nitrogens with one attached hydrogen (secondary N) is 1. The molecule has 0 saturated carbocycles. The van der Waals surface area contributed by atoms with Gasteiger partial charge < -0.3 is 5.32 Å². The molecule has 3 aromatic rings. The summed E-state index contributed by atoms with van der Waals surface area (Å²) in [6.45, 7) is 0.169. The SMILES string of the molecule is Cn1nnnc1-c1cccc(NC(=O)Cn2cccn2)c1. The number of hydrogen-bond acceptors (Lipinski definition) is 5. The van der Waals surface area contributed by atoms with E-state index < -0.39 is 0 Å². The average molecular weight is 283 g/mol. The number of hydrogen-bond donors (Lipinski definition) is 1. The molecular weight excluding hydrogens is 270 g/mol. The molecule has 3 rings (SSSR count). The zero-order valence-corrected chi connectivity index (χ0v) is 11.3. The molecule has 1 N–H and O–H groups in total. The van der Waals surface area contributed by atoms with Crippen molar-refractivity contribution in [1.29, 1.82) is 0 Å². The summed E-state index contributed by atoms with van der Waals surface area (Å²) in [5, 5.41) is 18.2. The van der Waals surface area contributed by atoms with Crippen LogP contribution < -0.4 is 5.32 Å². The van der Waals surface area contributed by atoms with Gasteiger partial charge in [-0.15, -0.1) is 5.10 Å². The van der Waals surface area contributed by atoms with Crippen LogP contribution >= 0.6 is 0 Å². The number of amides is 1. The summed E-state index contributed by atoms with van der Waals surface area (Å²) in [6.07, 6.45) is 3.37. The summed E-state index contributed by atoms with van der Waals surface area (Å²) in [5.41, 5.74) is 1.52. The monoisotopic (exact) mass is 283 g/mol. The van der Waals surface area contributed by atoms with Gasteiger partial charge in [-0.1, -0.05) is 12.1 Å². The predicted molar refractivity (Wildman–Crippen MR) is 75.1 cm³/mol. The highest BCUT2D eigenvalue weighted by molar-refractivity contribution is 5.91. The number of carbonyl (C=O) groups is 1. The fraction of sp³-hybridized carbons (Fsp3) is 0.154. The number of benzene rings is 1. The first-order valence-electron chi connectivity index (χ1n) is 6.32. The van der Waals surface area contributed by atoms with Crippen molar-refractivity contribution in [3.63, 3.8) is 0 Å². The number of rotatable bonds is 4. The lowest BCUT2D eigenvalue weighted by Gasteiger charge is -2.07. The number of nitrogens with zero attached hydrogens (tertiary/aromatic N) is 6. The lowest BCUT2D eigenvalue weighted by molar-refractivity contribution is -0.116. The van der Waals surface area contributed by atoms with Crippen LogP contribution in [0.3, 0.4) is 0 Å². The number of anilines is 1. The van der Waals surface area contributed by atoms with Crippen molar-refractivity contribution in [2.24, 2.45) is 7.05 Å². The van der Waals surface area contributed by atoms with Crippen molar-refractivity contribution in [2.75, 3.05) is 5.32 Å². The molecule has 1 aromatic carbocycles. The zero-order chi connectivity index (χ0) is 14.7. The first-order valence-corrected chi connectivity index (χ1v) is 6.32. The van der Waals surface area contributed by atoms with Crippen molar-refractivity contribution in [1.82, 2.24) is 30.0 Å². The average Bonchev–Trinajstić information content (AvgIpc) is 3.10. The van der Waals surface area contributed by atoms with E-state index in [1.54, 1.807) is 34.9 Å². The van der Waals surface area contributed by atoms with Crippen molar-refractivity contribution >= 4 is 11.6 Å². The molecule has 0 aliphatic carbocycles. The zero-order valence-electron chi connectivity index (χ0n) is 11.3. The second-order valence-corrected chi connectivity index (χ2v) is 4.46. The van der Waals surface area contributed by atoms with E-state index in [1.165, 1.54) is 0 Å². The summed E-state index contributed by atoms with van der Waals surface area (Å²) in [5.74, 6) is 0.491. The van der Waals surface area contributed by atoms with Gasteiger partial charge in [0.1, 0.15) is 6.54 Å². The van der Waals surface area contributed by atoms with Gasteiger partial charge in [-0.3, -0.25) is 9.48 Å². The summed E-state index contributed by atoms with van der Waals surface area (Å²) in [6, 6.07) is 9.14. The van der Waals surface area contributed by atoms with Gasteiger partial charge in [-0.2, -0.15) is 5.10 Å². The van der Waals surface area contributed by atoms with Crippen LogP contribution in [0.1, 0.15) is 0 Å². The predicted octanol–water partition coefficient (Wildman–Crippen LogP) is 0.712. The summed E-state index contributed by atoms with van der Waals surface area (Å²) >= 11 is 0. The van der Waals surface area contributed by atoms with Crippen LogP contribution in [0, 0.1) is 0 Å². The Bertz CT molecular complexity index is 747. The minimum atomic E-state index is -0.146. The molecule has 8 nitrogen and oxygen atoms in total. The second-order valence-electron chi connectivity index (χ2n) is 4.46. The first kappa shape index (κ1) is 13.0. The van der Waals surface area contributed by atoms with Gasteiger partial charge in [-0.25, -0.2) is 4.68 Å². The molecule has 0 aliphatic heterocycles. The Morgan fingerprint density at radius 1 is 1.33 bits per heavy atom. The summed E-state index contributed by atoms with van der Waals surface area (Å²) < 4.78 is 3.14. The van der Waals surface area contributed by atoms with Crippen molar-refractivity contribution in [2.45, 2.75) is 6.54 Å². The van der Waals surface area contributed by atoms with E-state index in [-0.39, 0.29) is 12.5 Å². The maximum atomic E-state index is 11.9. The van der Waals surface area contributed by atoms with Gasteiger partial charge >= 0.3 is 0 Å². The molecule has 21 heavy (non-hydrogen) atoms. The fourth-order valence-electron chi connectivity index (χ4n) is 1.95. The Hall–Kier alpha value is -3.03. The molecule has 1 amide bonds. The van der Waals surface area contributed by atoms with Crippen LogP contribution in [0.25, 0.3) is 11.4 Å². The van der Waals surface area contributed by atoms with E-state index in [2.05, 4.69) is 25.9 Å². The van der Waals surface area contributed by atoms with Gasteiger partial charge in [-0.05, 0) is 28.6 Å². The molecule has 2 heterocycles. The standard InChI is InChI=1S/C13H13N7O/c1-19-13(16-17-18-19)10-4-2-5-11(8-10)15-12(21)9-20-7-3-6-14-20/h2-8H,9H2,1H3,(H,15,21). The minimum Gasteiger partial charge on any atom is -0.324 e. The van der Waals surface area contributed by atoms with Gasteiger partial charge in [0, 0.05) is 30.7 Å². The Balaban J connectivity index is 1.74. The second kappa shape index (κ2) is 5.53.